The fraction of sp³-hybridized carbons (Fsp3) is 0.0833. The highest BCUT2D eigenvalue weighted by Gasteiger charge is 2.09. The summed E-state index contributed by atoms with van der Waals surface area (Å²) in [5.74, 6) is 0.653. The summed E-state index contributed by atoms with van der Waals surface area (Å²) in [6.07, 6.45) is 0. The number of methoxy groups -OCH3 is 1. The Bertz CT molecular complexity index is 755. The summed E-state index contributed by atoms with van der Waals surface area (Å²) in [5.41, 5.74) is -1.04. The van der Waals surface area contributed by atoms with Crippen molar-refractivity contribution in [3.8, 4) is 11.8 Å². The van der Waals surface area contributed by atoms with E-state index in [2.05, 4.69) is 10.3 Å². The standard InChI is InChI=1S/C12H10N4O3/c1-19-8-4-2-3-7(5-8)14-10-9(6-13)11(17)16-12(18)15-10/h2-5H,1H3,(H3,14,15,16,17,18). The Balaban J connectivity index is 2.46. The van der Waals surface area contributed by atoms with Crippen LogP contribution in [-0.2, 0) is 0 Å². The second kappa shape index (κ2) is 5.10. The lowest BCUT2D eigenvalue weighted by Gasteiger charge is -2.08. The average Bonchev–Trinajstić information content (AvgIpc) is 2.38. The maximum Gasteiger partial charge on any atom is 0.327 e. The minimum Gasteiger partial charge on any atom is -0.497 e. The maximum absolute atomic E-state index is 11.4. The lowest BCUT2D eigenvalue weighted by atomic mass is 10.2. The maximum atomic E-state index is 11.4. The van der Waals surface area contributed by atoms with Crippen molar-refractivity contribution >= 4 is 11.5 Å². The van der Waals surface area contributed by atoms with Gasteiger partial charge in [0.05, 0.1) is 7.11 Å². The van der Waals surface area contributed by atoms with Crippen molar-refractivity contribution in [1.29, 1.82) is 5.26 Å². The molecule has 0 aliphatic heterocycles. The number of aromatic amines is 2. The number of aromatic nitrogens is 2. The predicted molar refractivity (Wildman–Crippen MR) is 68.7 cm³/mol. The number of nitrogens with one attached hydrogen (secondary N) is 3. The zero-order valence-corrected chi connectivity index (χ0v) is 9.98. The summed E-state index contributed by atoms with van der Waals surface area (Å²) in [7, 11) is 1.52. The van der Waals surface area contributed by atoms with Gasteiger partial charge in [0.1, 0.15) is 17.6 Å². The number of H-pyrrole nitrogens is 2. The normalized spacial score (nSPS) is 9.68. The molecule has 96 valence electrons. The molecule has 7 heteroatoms. The second-order valence-corrected chi connectivity index (χ2v) is 3.63. The topological polar surface area (TPSA) is 111 Å². The van der Waals surface area contributed by atoms with Gasteiger partial charge in [-0.3, -0.25) is 14.8 Å². The molecule has 19 heavy (non-hydrogen) atoms. The zero-order chi connectivity index (χ0) is 13.8. The summed E-state index contributed by atoms with van der Waals surface area (Å²) < 4.78 is 5.05. The van der Waals surface area contributed by atoms with Gasteiger partial charge in [-0.2, -0.15) is 5.26 Å². The molecule has 2 rings (SSSR count). The van der Waals surface area contributed by atoms with E-state index in [0.29, 0.717) is 11.4 Å². The van der Waals surface area contributed by atoms with Crippen molar-refractivity contribution in [2.75, 3.05) is 12.4 Å². The summed E-state index contributed by atoms with van der Waals surface area (Å²) in [4.78, 5) is 27.0. The summed E-state index contributed by atoms with van der Waals surface area (Å²) in [6.45, 7) is 0. The third-order valence-electron chi connectivity index (χ3n) is 2.39. The number of nitriles is 1. The van der Waals surface area contributed by atoms with E-state index >= 15 is 0 Å². The molecule has 0 atom stereocenters. The average molecular weight is 258 g/mol. The fourth-order valence-corrected chi connectivity index (χ4v) is 1.53. The number of hydrogen-bond donors (Lipinski definition) is 3. The van der Waals surface area contributed by atoms with Crippen LogP contribution < -0.4 is 21.3 Å². The Morgan fingerprint density at radius 2 is 2.11 bits per heavy atom. The summed E-state index contributed by atoms with van der Waals surface area (Å²) >= 11 is 0. The molecule has 0 saturated carbocycles. The smallest absolute Gasteiger partial charge is 0.327 e. The largest absolute Gasteiger partial charge is 0.497 e. The van der Waals surface area contributed by atoms with Crippen LogP contribution in [0.4, 0.5) is 11.5 Å². The van der Waals surface area contributed by atoms with Crippen LogP contribution in [-0.4, -0.2) is 17.1 Å². The molecule has 1 aromatic heterocycles. The van der Waals surface area contributed by atoms with Gasteiger partial charge in [-0.25, -0.2) is 4.79 Å². The van der Waals surface area contributed by atoms with Crippen LogP contribution in [0.5, 0.6) is 5.75 Å². The van der Waals surface area contributed by atoms with E-state index in [0.717, 1.165) is 0 Å². The van der Waals surface area contributed by atoms with Gasteiger partial charge in [0.15, 0.2) is 5.56 Å². The predicted octanol–water partition coefficient (Wildman–Crippen LogP) is 0.687. The SMILES string of the molecule is COc1cccc(Nc2[nH]c(=O)[nH]c(=O)c2C#N)c1. The van der Waals surface area contributed by atoms with Gasteiger partial charge in [0, 0.05) is 11.8 Å². The zero-order valence-electron chi connectivity index (χ0n) is 9.98. The molecule has 3 N–H and O–H groups in total. The lowest BCUT2D eigenvalue weighted by molar-refractivity contribution is 0.415. The summed E-state index contributed by atoms with van der Waals surface area (Å²) in [6, 6.07) is 8.59. The molecule has 1 aromatic carbocycles. The van der Waals surface area contributed by atoms with Crippen molar-refractivity contribution in [3.63, 3.8) is 0 Å². The first-order chi connectivity index (χ1) is 9.13. The molecule has 0 spiro atoms. The molecule has 0 aliphatic rings. The molecule has 7 nitrogen and oxygen atoms in total. The van der Waals surface area contributed by atoms with E-state index in [4.69, 9.17) is 10.00 Å². The minimum absolute atomic E-state index is 0.0458. The molecule has 0 unspecified atom stereocenters. The Kier molecular flexibility index (Phi) is 3.34. The van der Waals surface area contributed by atoms with Crippen LogP contribution >= 0.6 is 0 Å². The Hall–Kier alpha value is -3.01. The van der Waals surface area contributed by atoms with E-state index in [1.807, 2.05) is 4.98 Å². The fourth-order valence-electron chi connectivity index (χ4n) is 1.53. The molecule has 1 heterocycles. The molecule has 0 fully saturated rings. The van der Waals surface area contributed by atoms with E-state index in [-0.39, 0.29) is 11.4 Å². The molecular weight excluding hydrogens is 248 g/mol. The Labute approximate surface area is 107 Å². The van der Waals surface area contributed by atoms with Gasteiger partial charge in [0.25, 0.3) is 5.56 Å². The third-order valence-corrected chi connectivity index (χ3v) is 2.39. The van der Waals surface area contributed by atoms with Gasteiger partial charge < -0.3 is 10.1 Å². The first-order valence-corrected chi connectivity index (χ1v) is 5.32. The molecular formula is C12H10N4O3. The number of hydrogen-bond acceptors (Lipinski definition) is 5. The van der Waals surface area contributed by atoms with Crippen molar-refractivity contribution in [1.82, 2.24) is 9.97 Å². The lowest BCUT2D eigenvalue weighted by Crippen LogP contribution is -2.25. The van der Waals surface area contributed by atoms with Crippen LogP contribution in [0.1, 0.15) is 5.56 Å². The van der Waals surface area contributed by atoms with Gasteiger partial charge in [-0.1, -0.05) is 6.07 Å². The van der Waals surface area contributed by atoms with Crippen LogP contribution in [0.15, 0.2) is 33.9 Å². The monoisotopic (exact) mass is 258 g/mol. The van der Waals surface area contributed by atoms with Crippen LogP contribution in [0.25, 0.3) is 0 Å². The van der Waals surface area contributed by atoms with Crippen molar-refractivity contribution in [3.05, 3.63) is 50.7 Å². The van der Waals surface area contributed by atoms with E-state index in [1.54, 1.807) is 30.3 Å². The molecule has 2 aromatic rings. The summed E-state index contributed by atoms with van der Waals surface area (Å²) in [5, 5.41) is 11.7. The molecule has 0 radical (unpaired) electrons. The highest BCUT2D eigenvalue weighted by molar-refractivity contribution is 5.62. The highest BCUT2D eigenvalue weighted by atomic mass is 16.5. The number of benzene rings is 1. The minimum atomic E-state index is -0.739. The number of ether oxygens (including phenoxy) is 1. The molecule has 0 amide bonds. The third kappa shape index (κ3) is 2.63. The van der Waals surface area contributed by atoms with Crippen molar-refractivity contribution in [2.45, 2.75) is 0 Å². The number of anilines is 2. The first kappa shape index (κ1) is 12.4. The molecule has 0 saturated heterocycles. The van der Waals surface area contributed by atoms with Gasteiger partial charge in [0.2, 0.25) is 0 Å². The van der Waals surface area contributed by atoms with Crippen molar-refractivity contribution in [2.24, 2.45) is 0 Å². The van der Waals surface area contributed by atoms with Crippen LogP contribution in [0.3, 0.4) is 0 Å². The number of nitrogens with zero attached hydrogens (tertiary/aromatic N) is 1. The Morgan fingerprint density at radius 3 is 2.79 bits per heavy atom. The second-order valence-electron chi connectivity index (χ2n) is 3.63. The van der Waals surface area contributed by atoms with E-state index in [9.17, 15) is 9.59 Å². The van der Waals surface area contributed by atoms with E-state index in [1.165, 1.54) is 7.11 Å². The highest BCUT2D eigenvalue weighted by Crippen LogP contribution is 2.20. The number of rotatable bonds is 3. The van der Waals surface area contributed by atoms with Gasteiger partial charge in [-0.15, -0.1) is 0 Å². The van der Waals surface area contributed by atoms with Gasteiger partial charge in [-0.05, 0) is 12.1 Å². The van der Waals surface area contributed by atoms with Crippen LogP contribution in [0.2, 0.25) is 0 Å². The molecule has 0 aliphatic carbocycles. The van der Waals surface area contributed by atoms with Crippen molar-refractivity contribution < 1.29 is 4.74 Å². The van der Waals surface area contributed by atoms with Crippen LogP contribution in [0, 0.1) is 11.3 Å². The Morgan fingerprint density at radius 1 is 1.32 bits per heavy atom. The van der Waals surface area contributed by atoms with E-state index < -0.39 is 11.2 Å². The first-order valence-electron chi connectivity index (χ1n) is 5.32. The quantitative estimate of drug-likeness (QED) is 0.750. The van der Waals surface area contributed by atoms with Gasteiger partial charge >= 0.3 is 5.69 Å². The molecule has 0 bridgehead atoms.